The Kier molecular flexibility index (Phi) is 3.88. The van der Waals surface area contributed by atoms with E-state index in [9.17, 15) is 14.7 Å². The maximum atomic E-state index is 12.8. The summed E-state index contributed by atoms with van der Waals surface area (Å²) in [5.41, 5.74) is 1.85. The predicted molar refractivity (Wildman–Crippen MR) is 95.2 cm³/mol. The SMILES string of the molecule is O=C(c1ccc2oc(=O)ccc2c1)c1ccc(C2CCCC2)cc1O. The van der Waals surface area contributed by atoms with Gasteiger partial charge < -0.3 is 9.52 Å². The lowest BCUT2D eigenvalue weighted by Gasteiger charge is -2.12. The maximum Gasteiger partial charge on any atom is 0.336 e. The van der Waals surface area contributed by atoms with E-state index in [1.807, 2.05) is 6.07 Å². The van der Waals surface area contributed by atoms with Crippen LogP contribution in [0.3, 0.4) is 0 Å². The lowest BCUT2D eigenvalue weighted by molar-refractivity contribution is 0.103. The molecule has 1 aliphatic carbocycles. The van der Waals surface area contributed by atoms with E-state index in [2.05, 4.69) is 0 Å². The van der Waals surface area contributed by atoms with Crippen LogP contribution in [0.15, 0.2) is 57.7 Å². The Hall–Kier alpha value is -2.88. The number of carbonyl (C=O) groups is 1. The fourth-order valence-electron chi connectivity index (χ4n) is 3.62. The van der Waals surface area contributed by atoms with Crippen molar-refractivity contribution < 1.29 is 14.3 Å². The van der Waals surface area contributed by atoms with Gasteiger partial charge >= 0.3 is 5.63 Å². The van der Waals surface area contributed by atoms with Crippen LogP contribution in [-0.2, 0) is 0 Å². The van der Waals surface area contributed by atoms with Crippen molar-refractivity contribution in [1.29, 1.82) is 0 Å². The smallest absolute Gasteiger partial charge is 0.336 e. The summed E-state index contributed by atoms with van der Waals surface area (Å²) in [5, 5.41) is 11.0. The first kappa shape index (κ1) is 15.6. The molecule has 3 aromatic rings. The largest absolute Gasteiger partial charge is 0.507 e. The van der Waals surface area contributed by atoms with Crippen LogP contribution in [0.4, 0.5) is 0 Å². The molecule has 1 saturated carbocycles. The topological polar surface area (TPSA) is 67.5 Å². The van der Waals surface area contributed by atoms with Crippen LogP contribution in [0, 0.1) is 0 Å². The average Bonchev–Trinajstić information content (AvgIpc) is 3.15. The quantitative estimate of drug-likeness (QED) is 0.570. The van der Waals surface area contributed by atoms with Crippen molar-refractivity contribution in [2.75, 3.05) is 0 Å². The molecule has 4 nitrogen and oxygen atoms in total. The second-order valence-corrected chi connectivity index (χ2v) is 6.59. The number of phenols is 1. The van der Waals surface area contributed by atoms with Gasteiger partial charge in [0.25, 0.3) is 0 Å². The second kappa shape index (κ2) is 6.20. The van der Waals surface area contributed by atoms with Gasteiger partial charge in [-0.25, -0.2) is 4.79 Å². The summed E-state index contributed by atoms with van der Waals surface area (Å²) in [5.74, 6) is 0.260. The van der Waals surface area contributed by atoms with E-state index in [-0.39, 0.29) is 11.5 Å². The highest BCUT2D eigenvalue weighted by atomic mass is 16.4. The number of aromatic hydroxyl groups is 1. The van der Waals surface area contributed by atoms with Gasteiger partial charge in [0.1, 0.15) is 11.3 Å². The van der Waals surface area contributed by atoms with E-state index < -0.39 is 5.63 Å². The number of fused-ring (bicyclic) bond motifs is 1. The number of phenolic OH excluding ortho intramolecular Hbond substituents is 1. The standard InChI is InChI=1S/C21H18O4/c22-18-12-14(13-3-1-2-4-13)5-8-17(18)21(24)16-6-9-19-15(11-16)7-10-20(23)25-19/h5-13,22H,1-4H2. The van der Waals surface area contributed by atoms with Gasteiger partial charge in [-0.15, -0.1) is 0 Å². The molecular weight excluding hydrogens is 316 g/mol. The molecule has 0 saturated heterocycles. The summed E-state index contributed by atoms with van der Waals surface area (Å²) in [6.45, 7) is 0. The molecule has 2 aromatic carbocycles. The molecule has 0 amide bonds. The van der Waals surface area contributed by atoms with Gasteiger partial charge in [0.2, 0.25) is 0 Å². The minimum Gasteiger partial charge on any atom is -0.507 e. The zero-order valence-corrected chi connectivity index (χ0v) is 13.7. The van der Waals surface area contributed by atoms with Crippen molar-refractivity contribution in [2.24, 2.45) is 0 Å². The van der Waals surface area contributed by atoms with Crippen LogP contribution >= 0.6 is 0 Å². The van der Waals surface area contributed by atoms with E-state index in [0.717, 1.165) is 18.4 Å². The van der Waals surface area contributed by atoms with Crippen molar-refractivity contribution in [3.05, 3.63) is 75.6 Å². The van der Waals surface area contributed by atoms with Crippen LogP contribution in [-0.4, -0.2) is 10.9 Å². The normalized spacial score (nSPS) is 14.9. The van der Waals surface area contributed by atoms with Crippen molar-refractivity contribution >= 4 is 16.8 Å². The third kappa shape index (κ3) is 2.95. The molecule has 1 aromatic heterocycles. The van der Waals surface area contributed by atoms with Gasteiger partial charge in [-0.05, 0) is 60.7 Å². The third-order valence-electron chi connectivity index (χ3n) is 4.97. The number of benzene rings is 2. The number of ketones is 1. The van der Waals surface area contributed by atoms with Crippen molar-refractivity contribution in [3.63, 3.8) is 0 Å². The summed E-state index contributed by atoms with van der Waals surface area (Å²) in [6.07, 6.45) is 4.73. The Morgan fingerprint density at radius 2 is 1.80 bits per heavy atom. The highest BCUT2D eigenvalue weighted by molar-refractivity contribution is 6.11. The minimum atomic E-state index is -0.424. The fraction of sp³-hybridized carbons (Fsp3) is 0.238. The molecule has 126 valence electrons. The number of hydrogen-bond acceptors (Lipinski definition) is 4. The zero-order valence-electron chi connectivity index (χ0n) is 13.7. The van der Waals surface area contributed by atoms with Crippen molar-refractivity contribution in [3.8, 4) is 5.75 Å². The molecule has 0 aliphatic heterocycles. The van der Waals surface area contributed by atoms with E-state index in [1.54, 1.807) is 36.4 Å². The molecule has 4 heteroatoms. The van der Waals surface area contributed by atoms with Crippen LogP contribution in [0.25, 0.3) is 11.0 Å². The van der Waals surface area contributed by atoms with E-state index >= 15 is 0 Å². The molecule has 0 unspecified atom stereocenters. The van der Waals surface area contributed by atoms with Gasteiger partial charge in [0, 0.05) is 17.0 Å². The molecule has 0 radical (unpaired) electrons. The van der Waals surface area contributed by atoms with E-state index in [1.165, 1.54) is 18.9 Å². The number of carbonyl (C=O) groups excluding carboxylic acids is 1. The molecular formula is C21H18O4. The lowest BCUT2D eigenvalue weighted by atomic mass is 9.94. The molecule has 25 heavy (non-hydrogen) atoms. The summed E-state index contributed by atoms with van der Waals surface area (Å²) in [4.78, 5) is 24.0. The Balaban J connectivity index is 1.68. The van der Waals surface area contributed by atoms with Crippen molar-refractivity contribution in [1.82, 2.24) is 0 Å². The summed E-state index contributed by atoms with van der Waals surface area (Å²) in [7, 11) is 0. The predicted octanol–water partition coefficient (Wildman–Crippen LogP) is 4.39. The monoisotopic (exact) mass is 334 g/mol. The summed E-state index contributed by atoms with van der Waals surface area (Å²) < 4.78 is 5.08. The number of rotatable bonds is 3. The minimum absolute atomic E-state index is 0.0223. The van der Waals surface area contributed by atoms with Gasteiger partial charge in [-0.2, -0.15) is 0 Å². The molecule has 1 aliphatic rings. The lowest BCUT2D eigenvalue weighted by Crippen LogP contribution is -2.03. The third-order valence-corrected chi connectivity index (χ3v) is 4.97. The molecule has 0 atom stereocenters. The van der Waals surface area contributed by atoms with E-state index in [4.69, 9.17) is 4.42 Å². The van der Waals surface area contributed by atoms with Gasteiger partial charge in [0.15, 0.2) is 5.78 Å². The van der Waals surface area contributed by atoms with Gasteiger partial charge in [-0.1, -0.05) is 18.9 Å². The van der Waals surface area contributed by atoms with E-state index in [0.29, 0.717) is 28.0 Å². The average molecular weight is 334 g/mol. The first-order valence-corrected chi connectivity index (χ1v) is 8.53. The molecule has 1 N–H and O–H groups in total. The summed E-state index contributed by atoms with van der Waals surface area (Å²) in [6, 6.07) is 13.2. The molecule has 1 heterocycles. The Bertz CT molecular complexity index is 1010. The van der Waals surface area contributed by atoms with Crippen LogP contribution in [0.2, 0.25) is 0 Å². The summed E-state index contributed by atoms with van der Waals surface area (Å²) >= 11 is 0. The Morgan fingerprint density at radius 1 is 1.00 bits per heavy atom. The van der Waals surface area contributed by atoms with Gasteiger partial charge in [-0.3, -0.25) is 4.79 Å². The first-order valence-electron chi connectivity index (χ1n) is 8.53. The Morgan fingerprint density at radius 3 is 2.56 bits per heavy atom. The molecule has 1 fully saturated rings. The first-order chi connectivity index (χ1) is 12.1. The van der Waals surface area contributed by atoms with Crippen LogP contribution in [0.5, 0.6) is 5.75 Å². The zero-order chi connectivity index (χ0) is 17.4. The number of hydrogen-bond donors (Lipinski definition) is 1. The molecule has 0 spiro atoms. The maximum absolute atomic E-state index is 12.8. The van der Waals surface area contributed by atoms with Gasteiger partial charge in [0.05, 0.1) is 5.56 Å². The van der Waals surface area contributed by atoms with Crippen LogP contribution < -0.4 is 5.63 Å². The van der Waals surface area contributed by atoms with Crippen LogP contribution in [0.1, 0.15) is 53.1 Å². The highest BCUT2D eigenvalue weighted by Gasteiger charge is 2.20. The molecule has 0 bridgehead atoms. The fourth-order valence-corrected chi connectivity index (χ4v) is 3.62. The second-order valence-electron chi connectivity index (χ2n) is 6.59. The van der Waals surface area contributed by atoms with Crippen molar-refractivity contribution in [2.45, 2.75) is 31.6 Å². The molecule has 4 rings (SSSR count). The highest BCUT2D eigenvalue weighted by Crippen LogP contribution is 2.36. The Labute approximate surface area is 144 Å².